The number of carbonyl (C=O) groups excluding carboxylic acids is 1. The van der Waals surface area contributed by atoms with Crippen molar-refractivity contribution in [3.05, 3.63) is 35.6 Å². The summed E-state index contributed by atoms with van der Waals surface area (Å²) in [5.74, 6) is -0.531. The van der Waals surface area contributed by atoms with Gasteiger partial charge >= 0.3 is 0 Å². The van der Waals surface area contributed by atoms with Gasteiger partial charge in [-0.1, -0.05) is 6.07 Å². The molecule has 1 unspecified atom stereocenters. The van der Waals surface area contributed by atoms with E-state index in [0.29, 0.717) is 31.3 Å². The summed E-state index contributed by atoms with van der Waals surface area (Å²) >= 11 is 0. The molecule has 1 atom stereocenters. The number of halogens is 1. The van der Waals surface area contributed by atoms with Gasteiger partial charge < -0.3 is 15.0 Å². The van der Waals surface area contributed by atoms with Gasteiger partial charge in [0.1, 0.15) is 5.82 Å². The maximum atomic E-state index is 13.2. The molecule has 0 radical (unpaired) electrons. The molecule has 0 aliphatic carbocycles. The van der Waals surface area contributed by atoms with Crippen molar-refractivity contribution in [1.29, 1.82) is 0 Å². The van der Waals surface area contributed by atoms with Gasteiger partial charge in [0.2, 0.25) is 0 Å². The van der Waals surface area contributed by atoms with Crippen LogP contribution in [0.3, 0.4) is 0 Å². The standard InChI is InChI=1S/C15H21FN2O2/c1-20-9-8-18(11-14-6-3-7-17-14)15(19)12-4-2-5-13(16)10-12/h2,4-5,10,14,17H,3,6-9,11H2,1H3. The average molecular weight is 280 g/mol. The Morgan fingerprint density at radius 3 is 3.05 bits per heavy atom. The summed E-state index contributed by atoms with van der Waals surface area (Å²) in [4.78, 5) is 14.2. The summed E-state index contributed by atoms with van der Waals surface area (Å²) in [6.07, 6.45) is 2.21. The highest BCUT2D eigenvalue weighted by Crippen LogP contribution is 2.11. The van der Waals surface area contributed by atoms with E-state index in [0.717, 1.165) is 19.4 Å². The van der Waals surface area contributed by atoms with Gasteiger partial charge in [0.15, 0.2) is 0 Å². The van der Waals surface area contributed by atoms with Gasteiger partial charge in [0, 0.05) is 31.8 Å². The van der Waals surface area contributed by atoms with Crippen LogP contribution in [0.1, 0.15) is 23.2 Å². The molecule has 5 heteroatoms. The normalized spacial score (nSPS) is 18.2. The minimum atomic E-state index is -0.387. The number of methoxy groups -OCH3 is 1. The molecule has 1 aromatic rings. The highest BCUT2D eigenvalue weighted by atomic mass is 19.1. The fraction of sp³-hybridized carbons (Fsp3) is 0.533. The van der Waals surface area contributed by atoms with Crippen LogP contribution < -0.4 is 5.32 Å². The van der Waals surface area contributed by atoms with Crippen LogP contribution in [0.25, 0.3) is 0 Å². The molecule has 110 valence electrons. The highest BCUT2D eigenvalue weighted by Gasteiger charge is 2.22. The van der Waals surface area contributed by atoms with Crippen molar-refractivity contribution >= 4 is 5.91 Å². The van der Waals surface area contributed by atoms with Gasteiger partial charge in [-0.25, -0.2) is 4.39 Å². The van der Waals surface area contributed by atoms with E-state index in [1.54, 1.807) is 24.1 Å². The average Bonchev–Trinajstić information content (AvgIpc) is 2.95. The van der Waals surface area contributed by atoms with E-state index in [-0.39, 0.29) is 11.7 Å². The van der Waals surface area contributed by atoms with Gasteiger partial charge in [-0.2, -0.15) is 0 Å². The number of carbonyl (C=O) groups is 1. The van der Waals surface area contributed by atoms with Crippen LogP contribution in [0.5, 0.6) is 0 Å². The summed E-state index contributed by atoms with van der Waals surface area (Å²) < 4.78 is 18.3. The van der Waals surface area contributed by atoms with E-state index < -0.39 is 0 Å². The van der Waals surface area contributed by atoms with Crippen LogP contribution >= 0.6 is 0 Å². The van der Waals surface area contributed by atoms with Crippen molar-refractivity contribution in [2.45, 2.75) is 18.9 Å². The molecule has 0 aromatic heterocycles. The fourth-order valence-corrected chi connectivity index (χ4v) is 2.46. The number of rotatable bonds is 6. The van der Waals surface area contributed by atoms with E-state index in [1.807, 2.05) is 0 Å². The number of nitrogens with one attached hydrogen (secondary N) is 1. The molecule has 0 bridgehead atoms. The molecule has 1 N–H and O–H groups in total. The molecule has 1 amide bonds. The van der Waals surface area contributed by atoms with Crippen LogP contribution in [0.15, 0.2) is 24.3 Å². The lowest BCUT2D eigenvalue weighted by Gasteiger charge is -2.25. The number of hydrogen-bond donors (Lipinski definition) is 1. The Bertz CT molecular complexity index is 447. The number of benzene rings is 1. The third-order valence-electron chi connectivity index (χ3n) is 3.53. The SMILES string of the molecule is COCCN(CC1CCCN1)C(=O)c1cccc(F)c1. The van der Waals surface area contributed by atoms with Gasteiger partial charge in [-0.15, -0.1) is 0 Å². The smallest absolute Gasteiger partial charge is 0.254 e. The Hall–Kier alpha value is -1.46. The van der Waals surface area contributed by atoms with Crippen LogP contribution in [0, 0.1) is 5.82 Å². The maximum Gasteiger partial charge on any atom is 0.254 e. The molecule has 4 nitrogen and oxygen atoms in total. The van der Waals surface area contributed by atoms with Crippen LogP contribution in [0.2, 0.25) is 0 Å². The van der Waals surface area contributed by atoms with Crippen molar-refractivity contribution in [2.24, 2.45) is 0 Å². The first-order chi connectivity index (χ1) is 9.70. The molecular weight excluding hydrogens is 259 g/mol. The van der Waals surface area contributed by atoms with Crippen LogP contribution in [-0.2, 0) is 4.74 Å². The van der Waals surface area contributed by atoms with Gasteiger partial charge in [0.25, 0.3) is 5.91 Å². The molecule has 1 aliphatic heterocycles. The third-order valence-corrected chi connectivity index (χ3v) is 3.53. The monoisotopic (exact) mass is 280 g/mol. The molecule has 0 saturated carbocycles. The molecule has 1 heterocycles. The number of hydrogen-bond acceptors (Lipinski definition) is 3. The van der Waals surface area contributed by atoms with E-state index in [1.165, 1.54) is 12.1 Å². The Balaban J connectivity index is 2.05. The summed E-state index contributed by atoms with van der Waals surface area (Å²) in [6, 6.07) is 6.15. The molecule has 1 fully saturated rings. The highest BCUT2D eigenvalue weighted by molar-refractivity contribution is 5.94. The first-order valence-electron chi connectivity index (χ1n) is 6.98. The van der Waals surface area contributed by atoms with Crippen molar-refractivity contribution in [1.82, 2.24) is 10.2 Å². The van der Waals surface area contributed by atoms with Gasteiger partial charge in [-0.3, -0.25) is 4.79 Å². The second-order valence-electron chi connectivity index (χ2n) is 5.05. The van der Waals surface area contributed by atoms with Crippen molar-refractivity contribution in [2.75, 3.05) is 33.4 Å². The van der Waals surface area contributed by atoms with Gasteiger partial charge in [-0.05, 0) is 37.6 Å². The molecule has 2 rings (SSSR count). The van der Waals surface area contributed by atoms with E-state index >= 15 is 0 Å². The molecule has 20 heavy (non-hydrogen) atoms. The minimum absolute atomic E-state index is 0.143. The lowest BCUT2D eigenvalue weighted by molar-refractivity contribution is 0.0679. The summed E-state index contributed by atoms with van der Waals surface area (Å²) in [5.41, 5.74) is 0.388. The zero-order chi connectivity index (χ0) is 14.4. The molecule has 0 spiro atoms. The first kappa shape index (κ1) is 14.9. The number of amides is 1. The topological polar surface area (TPSA) is 41.6 Å². The minimum Gasteiger partial charge on any atom is -0.383 e. The first-order valence-corrected chi connectivity index (χ1v) is 6.98. The Kier molecular flexibility index (Phi) is 5.49. The largest absolute Gasteiger partial charge is 0.383 e. The summed E-state index contributed by atoms with van der Waals surface area (Å²) in [5, 5.41) is 3.37. The number of nitrogens with zero attached hydrogens (tertiary/aromatic N) is 1. The van der Waals surface area contributed by atoms with Gasteiger partial charge in [0.05, 0.1) is 6.61 Å². The second kappa shape index (κ2) is 7.36. The molecule has 1 saturated heterocycles. The Morgan fingerprint density at radius 2 is 2.40 bits per heavy atom. The molecule has 1 aromatic carbocycles. The lowest BCUT2D eigenvalue weighted by Crippen LogP contribution is -2.42. The zero-order valence-electron chi connectivity index (χ0n) is 11.8. The van der Waals surface area contributed by atoms with Crippen LogP contribution in [-0.4, -0.2) is 50.2 Å². The second-order valence-corrected chi connectivity index (χ2v) is 5.05. The summed E-state index contributed by atoms with van der Waals surface area (Å²) in [6.45, 7) is 2.63. The van der Waals surface area contributed by atoms with E-state index in [4.69, 9.17) is 4.74 Å². The predicted octanol–water partition coefficient (Wildman–Crippen LogP) is 1.67. The van der Waals surface area contributed by atoms with E-state index in [9.17, 15) is 9.18 Å². The Labute approximate surface area is 118 Å². The van der Waals surface area contributed by atoms with Crippen LogP contribution in [0.4, 0.5) is 4.39 Å². The maximum absolute atomic E-state index is 13.2. The molecular formula is C15H21FN2O2. The molecule has 1 aliphatic rings. The fourth-order valence-electron chi connectivity index (χ4n) is 2.46. The Morgan fingerprint density at radius 1 is 1.55 bits per heavy atom. The van der Waals surface area contributed by atoms with E-state index in [2.05, 4.69) is 5.32 Å². The lowest BCUT2D eigenvalue weighted by atomic mass is 10.1. The third kappa shape index (κ3) is 4.02. The predicted molar refractivity (Wildman–Crippen MR) is 75.2 cm³/mol. The number of ether oxygens (including phenoxy) is 1. The summed E-state index contributed by atoms with van der Waals surface area (Å²) in [7, 11) is 1.61. The van der Waals surface area contributed by atoms with Crippen molar-refractivity contribution in [3.63, 3.8) is 0 Å². The quantitative estimate of drug-likeness (QED) is 0.862. The van der Waals surface area contributed by atoms with Crippen molar-refractivity contribution in [3.8, 4) is 0 Å². The van der Waals surface area contributed by atoms with Crippen molar-refractivity contribution < 1.29 is 13.9 Å². The zero-order valence-corrected chi connectivity index (χ0v) is 11.8.